The largest absolute Gasteiger partial charge is 0.573 e. The smallest absolute Gasteiger partial charge is 0.406 e. The Hall–Kier alpha value is -1.91. The van der Waals surface area contributed by atoms with Crippen LogP contribution in [0.3, 0.4) is 0 Å². The number of allylic oxidation sites excluding steroid dienone is 1. The van der Waals surface area contributed by atoms with Crippen LogP contribution in [0.4, 0.5) is 13.2 Å². The Morgan fingerprint density at radius 2 is 2.12 bits per heavy atom. The predicted octanol–water partition coefficient (Wildman–Crippen LogP) is 3.80. The van der Waals surface area contributed by atoms with Crippen LogP contribution in [-0.4, -0.2) is 11.3 Å². The van der Waals surface area contributed by atoms with Crippen LogP contribution in [-0.2, 0) is 6.42 Å². The van der Waals surface area contributed by atoms with E-state index >= 15 is 0 Å². The van der Waals surface area contributed by atoms with E-state index in [1.807, 2.05) is 0 Å². The molecule has 0 radical (unpaired) electrons. The number of nitrogens with one attached hydrogen (secondary N) is 1. The molecule has 0 saturated carbocycles. The number of alkyl halides is 3. The molecule has 0 bridgehead atoms. The molecule has 0 aliphatic carbocycles. The van der Waals surface area contributed by atoms with Crippen molar-refractivity contribution < 1.29 is 17.9 Å². The number of aromatic nitrogens is 1. The summed E-state index contributed by atoms with van der Waals surface area (Å²) in [5.74, 6) is -0.225. The van der Waals surface area contributed by atoms with Crippen molar-refractivity contribution in [1.29, 1.82) is 0 Å². The number of hydrogen-bond acceptors (Lipinski definition) is 1. The van der Waals surface area contributed by atoms with E-state index in [1.54, 1.807) is 18.3 Å². The van der Waals surface area contributed by atoms with Crippen LogP contribution in [0.2, 0.25) is 0 Å². The fourth-order valence-electron chi connectivity index (χ4n) is 1.69. The average molecular weight is 241 g/mol. The van der Waals surface area contributed by atoms with E-state index in [1.165, 1.54) is 12.1 Å². The van der Waals surface area contributed by atoms with E-state index in [4.69, 9.17) is 0 Å². The summed E-state index contributed by atoms with van der Waals surface area (Å²) in [5.41, 5.74) is 1.61. The molecule has 0 saturated heterocycles. The summed E-state index contributed by atoms with van der Waals surface area (Å²) >= 11 is 0. The number of aromatic amines is 1. The summed E-state index contributed by atoms with van der Waals surface area (Å²) in [5, 5.41) is 0.874. The zero-order chi connectivity index (χ0) is 12.5. The maximum absolute atomic E-state index is 12.0. The van der Waals surface area contributed by atoms with Gasteiger partial charge in [-0.2, -0.15) is 0 Å². The topological polar surface area (TPSA) is 25.0 Å². The first-order valence-electron chi connectivity index (χ1n) is 4.96. The van der Waals surface area contributed by atoms with Crippen LogP contribution in [0.5, 0.6) is 5.75 Å². The van der Waals surface area contributed by atoms with Gasteiger partial charge in [-0.1, -0.05) is 6.08 Å². The van der Waals surface area contributed by atoms with Crippen molar-refractivity contribution in [1.82, 2.24) is 4.98 Å². The quantitative estimate of drug-likeness (QED) is 0.812. The van der Waals surface area contributed by atoms with Crippen molar-refractivity contribution in [2.24, 2.45) is 0 Å². The number of ether oxygens (including phenoxy) is 1. The molecule has 0 spiro atoms. The Balaban J connectivity index is 2.35. The third-order valence-electron chi connectivity index (χ3n) is 2.34. The van der Waals surface area contributed by atoms with Gasteiger partial charge in [0.25, 0.3) is 0 Å². The minimum atomic E-state index is -4.66. The highest BCUT2D eigenvalue weighted by atomic mass is 19.4. The summed E-state index contributed by atoms with van der Waals surface area (Å²) in [6.45, 7) is 3.62. The fourth-order valence-corrected chi connectivity index (χ4v) is 1.69. The molecule has 1 aromatic carbocycles. The summed E-state index contributed by atoms with van der Waals surface area (Å²) in [7, 11) is 0. The van der Waals surface area contributed by atoms with Crippen molar-refractivity contribution in [3.8, 4) is 5.75 Å². The molecule has 0 atom stereocenters. The zero-order valence-electron chi connectivity index (χ0n) is 8.84. The number of fused-ring (bicyclic) bond motifs is 1. The number of hydrogen-bond donors (Lipinski definition) is 1. The van der Waals surface area contributed by atoms with Gasteiger partial charge >= 0.3 is 6.36 Å². The third kappa shape index (κ3) is 2.61. The lowest BCUT2D eigenvalue weighted by atomic mass is 10.1. The molecule has 1 heterocycles. The fraction of sp³-hybridized carbons (Fsp3) is 0.167. The molecular formula is C12H10F3NO. The van der Waals surface area contributed by atoms with Crippen molar-refractivity contribution in [2.45, 2.75) is 12.8 Å². The number of H-pyrrole nitrogens is 1. The van der Waals surface area contributed by atoms with Crippen LogP contribution in [0.15, 0.2) is 37.1 Å². The van der Waals surface area contributed by atoms with Gasteiger partial charge in [-0.3, -0.25) is 0 Å². The summed E-state index contributed by atoms with van der Waals surface area (Å²) in [6.07, 6.45) is -0.504. The summed E-state index contributed by atoms with van der Waals surface area (Å²) in [6, 6.07) is 4.23. The van der Waals surface area contributed by atoms with Crippen LogP contribution >= 0.6 is 0 Å². The van der Waals surface area contributed by atoms with E-state index in [0.29, 0.717) is 11.9 Å². The van der Waals surface area contributed by atoms with E-state index in [0.717, 1.165) is 10.9 Å². The molecule has 2 aromatic rings. The molecule has 2 nitrogen and oxygen atoms in total. The summed E-state index contributed by atoms with van der Waals surface area (Å²) in [4.78, 5) is 2.90. The standard InChI is InChI=1S/C12H10F3NO/c1-2-3-8-7-16-11-6-9(4-5-10(8)11)17-12(13,14)15/h2,4-7,16H,1,3H2. The molecule has 1 aromatic heterocycles. The predicted molar refractivity (Wildman–Crippen MR) is 58.9 cm³/mol. The van der Waals surface area contributed by atoms with Gasteiger partial charge in [0.2, 0.25) is 0 Å². The first-order valence-corrected chi connectivity index (χ1v) is 4.96. The van der Waals surface area contributed by atoms with E-state index in [2.05, 4.69) is 16.3 Å². The Morgan fingerprint density at radius 3 is 2.76 bits per heavy atom. The second-order valence-corrected chi connectivity index (χ2v) is 3.56. The second-order valence-electron chi connectivity index (χ2n) is 3.56. The number of benzene rings is 1. The van der Waals surface area contributed by atoms with Gasteiger partial charge in [-0.15, -0.1) is 19.8 Å². The zero-order valence-corrected chi connectivity index (χ0v) is 8.84. The first-order chi connectivity index (χ1) is 7.99. The van der Waals surface area contributed by atoms with E-state index < -0.39 is 6.36 Å². The minimum Gasteiger partial charge on any atom is -0.406 e. The van der Waals surface area contributed by atoms with Crippen molar-refractivity contribution >= 4 is 10.9 Å². The average Bonchev–Trinajstić information content (AvgIpc) is 2.59. The van der Waals surface area contributed by atoms with Crippen molar-refractivity contribution in [2.75, 3.05) is 0 Å². The normalized spacial score (nSPS) is 11.7. The van der Waals surface area contributed by atoms with Gasteiger partial charge in [0.15, 0.2) is 0 Å². The second kappa shape index (κ2) is 4.16. The maximum Gasteiger partial charge on any atom is 0.573 e. The molecular weight excluding hydrogens is 231 g/mol. The molecule has 0 unspecified atom stereocenters. The van der Waals surface area contributed by atoms with E-state index in [9.17, 15) is 13.2 Å². The lowest BCUT2D eigenvalue weighted by Gasteiger charge is -2.08. The lowest BCUT2D eigenvalue weighted by Crippen LogP contribution is -2.16. The SMILES string of the molecule is C=CCc1c[nH]c2cc(OC(F)(F)F)ccc12. The molecule has 90 valence electrons. The maximum atomic E-state index is 12.0. The summed E-state index contributed by atoms with van der Waals surface area (Å²) < 4.78 is 39.9. The molecule has 0 aliphatic heterocycles. The van der Waals surface area contributed by atoms with Crippen LogP contribution in [0, 0.1) is 0 Å². The van der Waals surface area contributed by atoms with Crippen LogP contribution in [0.1, 0.15) is 5.56 Å². The molecule has 5 heteroatoms. The molecule has 1 N–H and O–H groups in total. The molecule has 0 fully saturated rings. The lowest BCUT2D eigenvalue weighted by molar-refractivity contribution is -0.274. The number of halogens is 3. The van der Waals surface area contributed by atoms with Crippen molar-refractivity contribution in [3.63, 3.8) is 0 Å². The first kappa shape index (κ1) is 11.6. The Bertz CT molecular complexity index is 542. The minimum absolute atomic E-state index is 0.225. The van der Waals surface area contributed by atoms with Gasteiger partial charge in [0.05, 0.1) is 0 Å². The van der Waals surface area contributed by atoms with Crippen molar-refractivity contribution in [3.05, 3.63) is 42.6 Å². The highest BCUT2D eigenvalue weighted by molar-refractivity contribution is 5.84. The molecule has 2 rings (SSSR count). The van der Waals surface area contributed by atoms with Gasteiger partial charge in [0, 0.05) is 23.2 Å². The molecule has 0 amide bonds. The number of rotatable bonds is 3. The van der Waals surface area contributed by atoms with Gasteiger partial charge < -0.3 is 9.72 Å². The Labute approximate surface area is 95.7 Å². The Morgan fingerprint density at radius 1 is 1.35 bits per heavy atom. The highest BCUT2D eigenvalue weighted by Crippen LogP contribution is 2.27. The van der Waals surface area contributed by atoms with E-state index in [-0.39, 0.29) is 5.75 Å². The van der Waals surface area contributed by atoms with Gasteiger partial charge in [-0.25, -0.2) is 0 Å². The van der Waals surface area contributed by atoms with Crippen LogP contribution < -0.4 is 4.74 Å². The van der Waals surface area contributed by atoms with Gasteiger partial charge in [-0.05, 0) is 24.1 Å². The van der Waals surface area contributed by atoms with Crippen LogP contribution in [0.25, 0.3) is 10.9 Å². The third-order valence-corrected chi connectivity index (χ3v) is 2.34. The van der Waals surface area contributed by atoms with Gasteiger partial charge in [0.1, 0.15) is 5.75 Å². The Kier molecular flexibility index (Phi) is 2.83. The monoisotopic (exact) mass is 241 g/mol. The molecule has 0 aliphatic rings. The molecule has 17 heavy (non-hydrogen) atoms. The highest BCUT2D eigenvalue weighted by Gasteiger charge is 2.31.